The lowest BCUT2D eigenvalue weighted by Gasteiger charge is -2.49. The average molecular weight is 840 g/mol. The van der Waals surface area contributed by atoms with Crippen LogP contribution in [-0.2, 0) is 24.6 Å². The predicted molar refractivity (Wildman–Crippen MR) is 217 cm³/mol. The van der Waals surface area contributed by atoms with Gasteiger partial charge in [-0.05, 0) is 84.5 Å². The van der Waals surface area contributed by atoms with Crippen LogP contribution in [0.5, 0.6) is 23.0 Å². The summed E-state index contributed by atoms with van der Waals surface area (Å²) in [5.74, 6) is -5.87. The Hall–Kier alpha value is -6.38. The molecule has 14 nitrogen and oxygen atoms in total. The van der Waals surface area contributed by atoms with Gasteiger partial charge in [-0.2, -0.15) is 5.01 Å². The number of carbonyl (C=O) groups excluding carboxylic acids is 4. The number of fused-ring (bicyclic) bond motifs is 4. The first kappa shape index (κ1) is 39.4. The molecule has 4 aliphatic rings. The normalized spacial score (nSPS) is 24.8. The van der Waals surface area contributed by atoms with Gasteiger partial charge in [-0.1, -0.05) is 59.1 Å². The van der Waals surface area contributed by atoms with Crippen molar-refractivity contribution in [3.8, 4) is 23.0 Å². The van der Waals surface area contributed by atoms with Gasteiger partial charge in [-0.3, -0.25) is 39.6 Å². The minimum absolute atomic E-state index is 0.0223. The first-order chi connectivity index (χ1) is 28.3. The number of benzene rings is 4. The SMILES string of the molecule is COc1ccc([C@@]23C(=O)N(Nc4ccc(Cl)cc4Cl)C(=O)[C@@H]2C[C@@H]2C(=CC[C@@H]4C(=O)N(c5ccc([N+](=O)[O-])cc5)C(=O)[C@@H]42)[C@@H]3C=Cc2cc(OC)c(O)c(OC)c2)cc1. The fourth-order valence-electron chi connectivity index (χ4n) is 9.28. The van der Waals surface area contributed by atoms with Crippen molar-refractivity contribution in [2.75, 3.05) is 31.7 Å². The Kier molecular flexibility index (Phi) is 10.1. The lowest BCUT2D eigenvalue weighted by atomic mass is 9.50. The zero-order valence-corrected chi connectivity index (χ0v) is 33.3. The Morgan fingerprint density at radius 3 is 2.15 bits per heavy atom. The first-order valence-corrected chi connectivity index (χ1v) is 19.3. The standard InChI is InChI=1S/C43H36Cl2N4O10/c1-57-27-12-5-23(6-13-27)43-31(16-4-22-18-35(58-2)38(50)36(19-22)59-3)28-14-15-29-37(41(53)47(39(29)51)25-8-10-26(11-9-25)49(55)56)30(28)21-32(43)40(52)48(42(43)54)46-34-17-7-24(44)20-33(34)45/h4-14,16-20,29-32,37,46,50H,15,21H2,1-3H3/t29-,30+,31-,32-,37-,43-/m0/s1. The number of hydrogen-bond donors (Lipinski definition) is 2. The van der Waals surface area contributed by atoms with Crippen molar-refractivity contribution >= 4 is 70.0 Å². The number of ether oxygens (including phenoxy) is 3. The van der Waals surface area contributed by atoms with Crippen molar-refractivity contribution in [1.82, 2.24) is 5.01 Å². The highest BCUT2D eigenvalue weighted by molar-refractivity contribution is 6.36. The van der Waals surface area contributed by atoms with Crippen LogP contribution in [0, 0.1) is 39.7 Å². The molecule has 0 radical (unpaired) electrons. The van der Waals surface area contributed by atoms with E-state index in [9.17, 15) is 29.6 Å². The van der Waals surface area contributed by atoms with Crippen LogP contribution in [-0.4, -0.2) is 60.0 Å². The third kappa shape index (κ3) is 6.25. The molecule has 6 atom stereocenters. The van der Waals surface area contributed by atoms with Crippen LogP contribution in [0.3, 0.4) is 0 Å². The van der Waals surface area contributed by atoms with E-state index >= 15 is 4.79 Å². The van der Waals surface area contributed by atoms with Crippen molar-refractivity contribution in [2.24, 2.45) is 29.6 Å². The fourth-order valence-corrected chi connectivity index (χ4v) is 9.74. The largest absolute Gasteiger partial charge is 0.502 e. The van der Waals surface area contributed by atoms with Gasteiger partial charge in [-0.15, -0.1) is 0 Å². The van der Waals surface area contributed by atoms with E-state index < -0.39 is 63.6 Å². The average Bonchev–Trinajstić information content (AvgIpc) is 3.62. The van der Waals surface area contributed by atoms with Crippen molar-refractivity contribution in [1.29, 1.82) is 0 Å². The van der Waals surface area contributed by atoms with Crippen LogP contribution >= 0.6 is 23.2 Å². The molecule has 0 aromatic heterocycles. The molecule has 0 bridgehead atoms. The Bertz CT molecular complexity index is 2470. The molecule has 2 saturated heterocycles. The number of nitro groups is 1. The second-order valence-electron chi connectivity index (χ2n) is 14.7. The monoisotopic (exact) mass is 838 g/mol. The van der Waals surface area contributed by atoms with E-state index in [4.69, 9.17) is 37.4 Å². The number of rotatable bonds is 10. The highest BCUT2D eigenvalue weighted by atomic mass is 35.5. The highest BCUT2D eigenvalue weighted by Gasteiger charge is 2.69. The Morgan fingerprint density at radius 1 is 0.864 bits per heavy atom. The molecule has 2 N–H and O–H groups in total. The number of non-ortho nitro benzene ring substituents is 1. The van der Waals surface area contributed by atoms with Crippen LogP contribution in [0.15, 0.2) is 96.6 Å². The molecule has 0 spiro atoms. The summed E-state index contributed by atoms with van der Waals surface area (Å²) in [6.07, 6.45) is 5.62. The van der Waals surface area contributed by atoms with E-state index in [1.807, 2.05) is 6.08 Å². The third-order valence-electron chi connectivity index (χ3n) is 11.9. The lowest BCUT2D eigenvalue weighted by molar-refractivity contribution is -0.384. The third-order valence-corrected chi connectivity index (χ3v) is 12.5. The maximum Gasteiger partial charge on any atom is 0.269 e. The fraction of sp³-hybridized carbons (Fsp3) is 0.256. The number of hydrazine groups is 1. The van der Waals surface area contributed by atoms with E-state index in [2.05, 4.69) is 5.43 Å². The Balaban J connectivity index is 1.30. The van der Waals surface area contributed by atoms with Crippen molar-refractivity contribution in [3.05, 3.63) is 128 Å². The van der Waals surface area contributed by atoms with E-state index in [-0.39, 0.29) is 52.2 Å². The number of methoxy groups -OCH3 is 3. The zero-order valence-electron chi connectivity index (χ0n) is 31.8. The van der Waals surface area contributed by atoms with Gasteiger partial charge in [0.1, 0.15) is 5.75 Å². The number of carbonyl (C=O) groups is 4. The van der Waals surface area contributed by atoms with Gasteiger partial charge < -0.3 is 19.3 Å². The Morgan fingerprint density at radius 2 is 1.54 bits per heavy atom. The topological polar surface area (TPSA) is 178 Å². The van der Waals surface area contributed by atoms with Crippen LogP contribution in [0.25, 0.3) is 6.08 Å². The van der Waals surface area contributed by atoms with Gasteiger partial charge in [0.15, 0.2) is 11.5 Å². The number of nitro benzene ring substituents is 1. The lowest BCUT2D eigenvalue weighted by Crippen LogP contribution is -2.54. The number of hydrogen-bond acceptors (Lipinski definition) is 11. The van der Waals surface area contributed by atoms with Crippen LogP contribution in [0.1, 0.15) is 24.0 Å². The first-order valence-electron chi connectivity index (χ1n) is 18.5. The molecule has 59 heavy (non-hydrogen) atoms. The summed E-state index contributed by atoms with van der Waals surface area (Å²) in [6, 6.07) is 19.9. The van der Waals surface area contributed by atoms with E-state index in [1.54, 1.807) is 60.7 Å². The van der Waals surface area contributed by atoms with Gasteiger partial charge in [0.2, 0.25) is 17.6 Å². The van der Waals surface area contributed by atoms with Gasteiger partial charge in [0, 0.05) is 23.1 Å². The number of halogens is 2. The van der Waals surface area contributed by atoms with Gasteiger partial charge in [0.05, 0.1) is 65.8 Å². The van der Waals surface area contributed by atoms with Gasteiger partial charge >= 0.3 is 0 Å². The maximum absolute atomic E-state index is 15.4. The molecule has 8 rings (SSSR count). The van der Waals surface area contributed by atoms with Crippen LogP contribution in [0.4, 0.5) is 17.1 Å². The summed E-state index contributed by atoms with van der Waals surface area (Å²) in [7, 11) is 4.32. The van der Waals surface area contributed by atoms with E-state index in [0.717, 1.165) is 9.91 Å². The highest BCUT2D eigenvalue weighted by Crippen LogP contribution is 2.62. The molecule has 2 heterocycles. The molecule has 302 valence electrons. The molecule has 2 aliphatic heterocycles. The summed E-state index contributed by atoms with van der Waals surface area (Å²) >= 11 is 12.7. The molecule has 4 amide bonds. The number of nitrogens with one attached hydrogen (secondary N) is 1. The van der Waals surface area contributed by atoms with Crippen molar-refractivity contribution in [3.63, 3.8) is 0 Å². The summed E-state index contributed by atoms with van der Waals surface area (Å²) in [5, 5.41) is 23.5. The second-order valence-corrected chi connectivity index (χ2v) is 15.5. The number of phenolic OH excluding ortho intramolecular Hbond substituents is 1. The number of imide groups is 2. The number of phenols is 1. The molecule has 3 fully saturated rings. The summed E-state index contributed by atoms with van der Waals surface area (Å²) in [6.45, 7) is 0. The minimum atomic E-state index is -1.60. The summed E-state index contributed by atoms with van der Waals surface area (Å²) in [4.78, 5) is 71.0. The maximum atomic E-state index is 15.4. The van der Waals surface area contributed by atoms with Gasteiger partial charge in [-0.25, -0.2) is 0 Å². The van der Waals surface area contributed by atoms with Crippen LogP contribution in [0.2, 0.25) is 10.0 Å². The molecule has 1 saturated carbocycles. The smallest absolute Gasteiger partial charge is 0.269 e. The van der Waals surface area contributed by atoms with E-state index in [1.165, 1.54) is 51.7 Å². The molecule has 4 aromatic rings. The number of anilines is 2. The van der Waals surface area contributed by atoms with Crippen molar-refractivity contribution < 1.29 is 43.4 Å². The predicted octanol–water partition coefficient (Wildman–Crippen LogP) is 7.37. The number of aromatic hydroxyl groups is 1. The minimum Gasteiger partial charge on any atom is -0.502 e. The van der Waals surface area contributed by atoms with Crippen molar-refractivity contribution in [2.45, 2.75) is 18.3 Å². The molecule has 4 aromatic carbocycles. The second kappa shape index (κ2) is 15.1. The van der Waals surface area contributed by atoms with E-state index in [0.29, 0.717) is 27.5 Å². The molecule has 0 unspecified atom stereocenters. The Labute approximate surface area is 347 Å². The molecular weight excluding hydrogens is 803 g/mol. The molecule has 2 aliphatic carbocycles. The number of allylic oxidation sites excluding steroid dienone is 3. The quantitative estimate of drug-likeness (QED) is 0.0706. The van der Waals surface area contributed by atoms with Crippen LogP contribution < -0.4 is 24.5 Å². The molecule has 16 heteroatoms. The molecular formula is C43H36Cl2N4O10. The zero-order chi connectivity index (χ0) is 41.9. The summed E-state index contributed by atoms with van der Waals surface area (Å²) < 4.78 is 16.3. The van der Waals surface area contributed by atoms with Gasteiger partial charge in [0.25, 0.3) is 17.5 Å². The summed E-state index contributed by atoms with van der Waals surface area (Å²) in [5.41, 5.74) is 3.34. The number of nitrogens with zero attached hydrogens (tertiary/aromatic N) is 3. The number of amides is 4.